The van der Waals surface area contributed by atoms with Gasteiger partial charge in [0, 0.05) is 12.0 Å². The Bertz CT molecular complexity index is 458. The molecular formula is C13H14O3. The molecule has 1 heterocycles. The van der Waals surface area contributed by atoms with Gasteiger partial charge in [0.2, 0.25) is 0 Å². The van der Waals surface area contributed by atoms with Crippen LogP contribution in [0.5, 0.6) is 5.75 Å². The largest absolute Gasteiger partial charge is 0.487 e. The molecular weight excluding hydrogens is 204 g/mol. The Balaban J connectivity index is 2.45. The van der Waals surface area contributed by atoms with E-state index in [9.17, 15) is 4.79 Å². The summed E-state index contributed by atoms with van der Waals surface area (Å²) in [4.78, 5) is 10.8. The lowest BCUT2D eigenvalue weighted by atomic mass is 10.1. The molecule has 1 aliphatic heterocycles. The van der Waals surface area contributed by atoms with Crippen molar-refractivity contribution in [3.8, 4) is 5.75 Å². The van der Waals surface area contributed by atoms with Crippen LogP contribution in [0.1, 0.15) is 36.2 Å². The van der Waals surface area contributed by atoms with Crippen LogP contribution in [-0.4, -0.2) is 16.7 Å². The number of aromatic carboxylic acids is 1. The summed E-state index contributed by atoms with van der Waals surface area (Å²) < 4.78 is 5.82. The maximum atomic E-state index is 10.8. The highest BCUT2D eigenvalue weighted by Crippen LogP contribution is 2.30. The molecule has 16 heavy (non-hydrogen) atoms. The molecule has 1 N–H and O–H groups in total. The fraction of sp³-hybridized carbons (Fsp3) is 0.308. The maximum Gasteiger partial charge on any atom is 0.335 e. The van der Waals surface area contributed by atoms with Crippen molar-refractivity contribution >= 4 is 12.0 Å². The van der Waals surface area contributed by atoms with Crippen molar-refractivity contribution in [3.05, 3.63) is 35.4 Å². The van der Waals surface area contributed by atoms with Gasteiger partial charge in [-0.1, -0.05) is 12.2 Å². The smallest absolute Gasteiger partial charge is 0.335 e. The molecule has 0 unspecified atom stereocenters. The Morgan fingerprint density at radius 1 is 1.44 bits per heavy atom. The van der Waals surface area contributed by atoms with Crippen LogP contribution in [0.4, 0.5) is 0 Å². The second-order valence-corrected chi connectivity index (χ2v) is 4.53. The van der Waals surface area contributed by atoms with E-state index >= 15 is 0 Å². The van der Waals surface area contributed by atoms with Gasteiger partial charge in [-0.25, -0.2) is 4.79 Å². The molecule has 0 spiro atoms. The molecule has 1 aliphatic rings. The van der Waals surface area contributed by atoms with Crippen molar-refractivity contribution < 1.29 is 14.6 Å². The molecule has 3 heteroatoms. The molecule has 0 aromatic heterocycles. The van der Waals surface area contributed by atoms with Crippen molar-refractivity contribution in [1.29, 1.82) is 0 Å². The highest BCUT2D eigenvalue weighted by molar-refractivity contribution is 5.89. The highest BCUT2D eigenvalue weighted by Gasteiger charge is 2.22. The average Bonchev–Trinajstić information content (AvgIpc) is 2.33. The van der Waals surface area contributed by atoms with Gasteiger partial charge in [-0.15, -0.1) is 0 Å². The van der Waals surface area contributed by atoms with Crippen molar-refractivity contribution in [2.75, 3.05) is 0 Å². The predicted molar refractivity (Wildman–Crippen MR) is 61.8 cm³/mol. The SMILES string of the molecule is CC1(C)CC=Cc2cc(C(=O)O)ccc2O1. The van der Waals surface area contributed by atoms with E-state index < -0.39 is 5.97 Å². The monoisotopic (exact) mass is 218 g/mol. The van der Waals surface area contributed by atoms with E-state index in [4.69, 9.17) is 9.84 Å². The van der Waals surface area contributed by atoms with E-state index in [2.05, 4.69) is 0 Å². The quantitative estimate of drug-likeness (QED) is 0.788. The first kappa shape index (κ1) is 10.7. The Labute approximate surface area is 94.4 Å². The molecule has 1 aromatic rings. The van der Waals surface area contributed by atoms with Gasteiger partial charge in [-0.2, -0.15) is 0 Å². The van der Waals surface area contributed by atoms with Crippen LogP contribution in [0.15, 0.2) is 24.3 Å². The third kappa shape index (κ3) is 2.08. The van der Waals surface area contributed by atoms with Crippen LogP contribution in [-0.2, 0) is 0 Å². The molecule has 3 nitrogen and oxygen atoms in total. The Hall–Kier alpha value is -1.77. The number of ether oxygens (including phenoxy) is 1. The van der Waals surface area contributed by atoms with Gasteiger partial charge in [-0.05, 0) is 32.0 Å². The zero-order valence-corrected chi connectivity index (χ0v) is 9.36. The van der Waals surface area contributed by atoms with Gasteiger partial charge in [0.05, 0.1) is 5.56 Å². The summed E-state index contributed by atoms with van der Waals surface area (Å²) in [5.74, 6) is -0.177. The van der Waals surface area contributed by atoms with E-state index in [1.54, 1.807) is 18.2 Å². The first-order valence-electron chi connectivity index (χ1n) is 5.21. The lowest BCUT2D eigenvalue weighted by molar-refractivity contribution is 0.0696. The topological polar surface area (TPSA) is 46.5 Å². The predicted octanol–water partition coefficient (Wildman–Crippen LogP) is 2.96. The molecule has 1 aromatic carbocycles. The molecule has 84 valence electrons. The Kier molecular flexibility index (Phi) is 2.46. The molecule has 0 saturated heterocycles. The second-order valence-electron chi connectivity index (χ2n) is 4.53. The summed E-state index contributed by atoms with van der Waals surface area (Å²) in [7, 11) is 0. The van der Waals surface area contributed by atoms with Crippen molar-refractivity contribution in [1.82, 2.24) is 0 Å². The van der Waals surface area contributed by atoms with Gasteiger partial charge in [0.1, 0.15) is 11.4 Å². The first-order valence-corrected chi connectivity index (χ1v) is 5.21. The number of carboxylic acid groups (broad SMARTS) is 1. The van der Waals surface area contributed by atoms with Gasteiger partial charge in [0.15, 0.2) is 0 Å². The summed E-state index contributed by atoms with van der Waals surface area (Å²) in [6.07, 6.45) is 4.73. The van der Waals surface area contributed by atoms with Crippen molar-refractivity contribution in [2.45, 2.75) is 25.9 Å². The number of carbonyl (C=O) groups is 1. The summed E-state index contributed by atoms with van der Waals surface area (Å²) in [5, 5.41) is 8.89. The Morgan fingerprint density at radius 2 is 2.19 bits per heavy atom. The fourth-order valence-electron chi connectivity index (χ4n) is 1.71. The number of rotatable bonds is 1. The zero-order chi connectivity index (χ0) is 11.8. The average molecular weight is 218 g/mol. The molecule has 0 fully saturated rings. The van der Waals surface area contributed by atoms with Gasteiger partial charge in [-0.3, -0.25) is 0 Å². The van der Waals surface area contributed by atoms with Gasteiger partial charge >= 0.3 is 5.97 Å². The summed E-state index contributed by atoms with van der Waals surface area (Å²) in [6, 6.07) is 4.92. The highest BCUT2D eigenvalue weighted by atomic mass is 16.5. The third-order valence-electron chi connectivity index (χ3n) is 2.55. The normalized spacial score (nSPS) is 17.1. The third-order valence-corrected chi connectivity index (χ3v) is 2.55. The standard InChI is InChI=1S/C13H14O3/c1-13(2)7-3-4-9-8-10(12(14)15)5-6-11(9)16-13/h3-6,8H,7H2,1-2H3,(H,14,15). The molecule has 0 saturated carbocycles. The van der Waals surface area contributed by atoms with Crippen LogP contribution in [0, 0.1) is 0 Å². The van der Waals surface area contributed by atoms with E-state index in [0.29, 0.717) is 0 Å². The van der Waals surface area contributed by atoms with Gasteiger partial charge < -0.3 is 9.84 Å². The van der Waals surface area contributed by atoms with E-state index in [-0.39, 0.29) is 11.2 Å². The van der Waals surface area contributed by atoms with Crippen LogP contribution < -0.4 is 4.74 Å². The second kappa shape index (κ2) is 3.67. The summed E-state index contributed by atoms with van der Waals surface area (Å²) in [5.41, 5.74) is 0.865. The van der Waals surface area contributed by atoms with Crippen molar-refractivity contribution in [2.24, 2.45) is 0 Å². The molecule has 2 rings (SSSR count). The van der Waals surface area contributed by atoms with Crippen molar-refractivity contribution in [3.63, 3.8) is 0 Å². The number of hydrogen-bond acceptors (Lipinski definition) is 2. The van der Waals surface area contributed by atoms with E-state index in [1.165, 1.54) is 0 Å². The van der Waals surface area contributed by atoms with Gasteiger partial charge in [0.25, 0.3) is 0 Å². The number of fused-ring (bicyclic) bond motifs is 1. The lowest BCUT2D eigenvalue weighted by Crippen LogP contribution is -2.26. The molecule has 0 bridgehead atoms. The molecule has 0 aliphatic carbocycles. The van der Waals surface area contributed by atoms with Crippen LogP contribution in [0.3, 0.4) is 0 Å². The first-order chi connectivity index (χ1) is 7.48. The van der Waals surface area contributed by atoms with E-state index in [0.717, 1.165) is 17.7 Å². The minimum atomic E-state index is -0.917. The van der Waals surface area contributed by atoms with Crippen LogP contribution in [0.2, 0.25) is 0 Å². The number of carboxylic acids is 1. The number of benzene rings is 1. The van der Waals surface area contributed by atoms with Crippen LogP contribution in [0.25, 0.3) is 6.08 Å². The lowest BCUT2D eigenvalue weighted by Gasteiger charge is -2.24. The zero-order valence-electron chi connectivity index (χ0n) is 9.36. The van der Waals surface area contributed by atoms with Crippen LogP contribution >= 0.6 is 0 Å². The summed E-state index contributed by atoms with van der Waals surface area (Å²) >= 11 is 0. The Morgan fingerprint density at radius 3 is 2.88 bits per heavy atom. The molecule has 0 radical (unpaired) electrons. The fourth-order valence-corrected chi connectivity index (χ4v) is 1.71. The van der Waals surface area contributed by atoms with E-state index in [1.807, 2.05) is 26.0 Å². The maximum absolute atomic E-state index is 10.8. The minimum Gasteiger partial charge on any atom is -0.487 e. The molecule has 0 amide bonds. The molecule has 0 atom stereocenters. The summed E-state index contributed by atoms with van der Waals surface area (Å²) in [6.45, 7) is 4.02. The number of hydrogen-bond donors (Lipinski definition) is 1. The minimum absolute atomic E-state index is 0.244.